The number of fused-ring (bicyclic) bond motifs is 1. The molecule has 10 heteroatoms. The Hall–Kier alpha value is -3.46. The van der Waals surface area contributed by atoms with Crippen molar-refractivity contribution in [3.63, 3.8) is 0 Å². The van der Waals surface area contributed by atoms with Crippen LogP contribution >= 0.6 is 11.6 Å². The van der Waals surface area contributed by atoms with E-state index >= 15 is 0 Å². The molecule has 0 spiro atoms. The fraction of sp³-hybridized carbons (Fsp3) is 0.348. The van der Waals surface area contributed by atoms with E-state index in [1.807, 2.05) is 18.2 Å². The molecule has 33 heavy (non-hydrogen) atoms. The van der Waals surface area contributed by atoms with Crippen LogP contribution in [-0.2, 0) is 27.2 Å². The lowest BCUT2D eigenvalue weighted by Gasteiger charge is -2.21. The van der Waals surface area contributed by atoms with Crippen molar-refractivity contribution in [1.82, 2.24) is 5.32 Å². The van der Waals surface area contributed by atoms with Gasteiger partial charge in [0, 0.05) is 17.8 Å². The number of nitro benzene ring substituents is 1. The summed E-state index contributed by atoms with van der Waals surface area (Å²) < 4.78 is 5.12. The van der Waals surface area contributed by atoms with E-state index in [4.69, 9.17) is 16.3 Å². The average Bonchev–Trinajstić information content (AvgIpc) is 3.23. The molecule has 0 radical (unpaired) electrons. The molecule has 2 N–H and O–H groups in total. The molecule has 1 aliphatic carbocycles. The lowest BCUT2D eigenvalue weighted by Crippen LogP contribution is -2.46. The number of non-ortho nitro benzene ring substituents is 1. The third-order valence-electron chi connectivity index (χ3n) is 5.34. The maximum absolute atomic E-state index is 12.6. The molecule has 0 saturated heterocycles. The molecule has 2 aromatic rings. The van der Waals surface area contributed by atoms with Gasteiger partial charge in [-0.15, -0.1) is 0 Å². The van der Waals surface area contributed by atoms with E-state index in [0.717, 1.165) is 31.4 Å². The summed E-state index contributed by atoms with van der Waals surface area (Å²) in [6, 6.07) is 8.09. The first-order valence-electron chi connectivity index (χ1n) is 10.5. The van der Waals surface area contributed by atoms with Gasteiger partial charge in [0.1, 0.15) is 6.04 Å². The maximum Gasteiger partial charge on any atom is 0.329 e. The van der Waals surface area contributed by atoms with E-state index in [2.05, 4.69) is 10.6 Å². The first kappa shape index (κ1) is 24.2. The van der Waals surface area contributed by atoms with E-state index in [0.29, 0.717) is 5.69 Å². The van der Waals surface area contributed by atoms with Gasteiger partial charge in [-0.25, -0.2) is 4.79 Å². The molecule has 2 aromatic carbocycles. The molecular formula is C23H24ClN3O6. The molecule has 174 valence electrons. The fourth-order valence-electron chi connectivity index (χ4n) is 3.59. The summed E-state index contributed by atoms with van der Waals surface area (Å²) in [5.41, 5.74) is 2.85. The number of esters is 1. The Kier molecular flexibility index (Phi) is 7.65. The summed E-state index contributed by atoms with van der Waals surface area (Å²) in [5, 5.41) is 15.9. The maximum atomic E-state index is 12.6. The molecule has 0 heterocycles. The standard InChI is InChI=1S/C23H24ClN3O6/c1-13(2)21(26-22(29)18-9-8-17(27(31)32)11-19(18)24)23(30)33-12-20(28)25-16-7-6-14-4-3-5-15(14)10-16/h6-11,13,21H,3-5,12H2,1-2H3,(H,25,28)(H,26,29)/t21-/m1/s1. The predicted octanol–water partition coefficient (Wildman–Crippen LogP) is 3.67. The van der Waals surface area contributed by atoms with Crippen molar-refractivity contribution in [2.45, 2.75) is 39.2 Å². The van der Waals surface area contributed by atoms with Crippen LogP contribution in [0.5, 0.6) is 0 Å². The highest BCUT2D eigenvalue weighted by Gasteiger charge is 2.28. The smallest absolute Gasteiger partial charge is 0.329 e. The number of aryl methyl sites for hydroxylation is 2. The van der Waals surface area contributed by atoms with Crippen LogP contribution in [-0.4, -0.2) is 35.4 Å². The van der Waals surface area contributed by atoms with Crippen molar-refractivity contribution >= 4 is 40.8 Å². The molecule has 2 amide bonds. The van der Waals surface area contributed by atoms with E-state index < -0.39 is 35.4 Å². The Morgan fingerprint density at radius 2 is 1.85 bits per heavy atom. The van der Waals surface area contributed by atoms with Crippen molar-refractivity contribution in [3.05, 3.63) is 68.2 Å². The lowest BCUT2D eigenvalue weighted by atomic mass is 10.0. The quantitative estimate of drug-likeness (QED) is 0.342. The molecule has 3 rings (SSSR count). The summed E-state index contributed by atoms with van der Waals surface area (Å²) in [5.74, 6) is -2.31. The highest BCUT2D eigenvalue weighted by Crippen LogP contribution is 2.25. The Morgan fingerprint density at radius 1 is 1.12 bits per heavy atom. The summed E-state index contributed by atoms with van der Waals surface area (Å²) in [7, 11) is 0. The Morgan fingerprint density at radius 3 is 2.52 bits per heavy atom. The van der Waals surface area contributed by atoms with Crippen molar-refractivity contribution in [1.29, 1.82) is 0 Å². The summed E-state index contributed by atoms with van der Waals surface area (Å²) in [6.07, 6.45) is 3.11. The molecule has 9 nitrogen and oxygen atoms in total. The summed E-state index contributed by atoms with van der Waals surface area (Å²) >= 11 is 5.99. The molecule has 0 aliphatic heterocycles. The zero-order valence-corrected chi connectivity index (χ0v) is 19.0. The minimum atomic E-state index is -1.04. The number of anilines is 1. The minimum absolute atomic E-state index is 0.0185. The zero-order valence-electron chi connectivity index (χ0n) is 18.2. The molecule has 0 bridgehead atoms. The van der Waals surface area contributed by atoms with Gasteiger partial charge in [0.05, 0.1) is 15.5 Å². The van der Waals surface area contributed by atoms with Crippen LogP contribution in [0.2, 0.25) is 5.02 Å². The zero-order chi connectivity index (χ0) is 24.1. The number of amides is 2. The van der Waals surface area contributed by atoms with Crippen LogP contribution in [0.3, 0.4) is 0 Å². The number of carbonyl (C=O) groups excluding carboxylic acids is 3. The number of hydrogen-bond acceptors (Lipinski definition) is 6. The Balaban J connectivity index is 1.58. The van der Waals surface area contributed by atoms with Crippen molar-refractivity contribution in [2.24, 2.45) is 5.92 Å². The Labute approximate surface area is 195 Å². The molecule has 0 fully saturated rings. The van der Waals surface area contributed by atoms with Crippen LogP contribution < -0.4 is 10.6 Å². The molecule has 0 unspecified atom stereocenters. The van der Waals surface area contributed by atoms with E-state index in [1.165, 1.54) is 17.2 Å². The number of benzene rings is 2. The second-order valence-corrected chi connectivity index (χ2v) is 8.52. The lowest BCUT2D eigenvalue weighted by molar-refractivity contribution is -0.384. The number of nitro groups is 1. The first-order valence-corrected chi connectivity index (χ1v) is 10.9. The normalized spacial score (nSPS) is 13.2. The fourth-order valence-corrected chi connectivity index (χ4v) is 3.85. The molecule has 1 aliphatic rings. The van der Waals surface area contributed by atoms with E-state index in [-0.39, 0.29) is 22.2 Å². The SMILES string of the molecule is CC(C)[C@@H](NC(=O)c1ccc([N+](=O)[O-])cc1Cl)C(=O)OCC(=O)Nc1ccc2c(c1)CCC2. The van der Waals surface area contributed by atoms with Crippen molar-refractivity contribution < 1.29 is 24.0 Å². The number of ether oxygens (including phenoxy) is 1. The van der Waals surface area contributed by atoms with Gasteiger partial charge in [0.25, 0.3) is 17.5 Å². The topological polar surface area (TPSA) is 128 Å². The van der Waals surface area contributed by atoms with Gasteiger partial charge >= 0.3 is 5.97 Å². The van der Waals surface area contributed by atoms with E-state index in [1.54, 1.807) is 13.8 Å². The van der Waals surface area contributed by atoms with Crippen LogP contribution in [0.25, 0.3) is 0 Å². The second-order valence-electron chi connectivity index (χ2n) is 8.11. The van der Waals surface area contributed by atoms with Crippen molar-refractivity contribution in [3.8, 4) is 0 Å². The number of hydrogen-bond donors (Lipinski definition) is 2. The highest BCUT2D eigenvalue weighted by atomic mass is 35.5. The van der Waals surface area contributed by atoms with Crippen LogP contribution in [0, 0.1) is 16.0 Å². The molecule has 0 aromatic heterocycles. The number of carbonyl (C=O) groups is 3. The first-order chi connectivity index (χ1) is 15.7. The van der Waals surface area contributed by atoms with Gasteiger partial charge in [-0.2, -0.15) is 0 Å². The van der Waals surface area contributed by atoms with Gasteiger partial charge in [-0.05, 0) is 54.5 Å². The minimum Gasteiger partial charge on any atom is -0.454 e. The third kappa shape index (κ3) is 6.07. The largest absolute Gasteiger partial charge is 0.454 e. The third-order valence-corrected chi connectivity index (χ3v) is 5.66. The van der Waals surface area contributed by atoms with Gasteiger partial charge in [-0.3, -0.25) is 19.7 Å². The van der Waals surface area contributed by atoms with Crippen LogP contribution in [0.1, 0.15) is 41.8 Å². The monoisotopic (exact) mass is 473 g/mol. The molecular weight excluding hydrogens is 450 g/mol. The predicted molar refractivity (Wildman–Crippen MR) is 122 cm³/mol. The Bertz CT molecular complexity index is 1100. The molecule has 1 atom stereocenters. The van der Waals surface area contributed by atoms with E-state index in [9.17, 15) is 24.5 Å². The molecule has 0 saturated carbocycles. The number of rotatable bonds is 8. The van der Waals surface area contributed by atoms with Gasteiger partial charge in [-0.1, -0.05) is 31.5 Å². The summed E-state index contributed by atoms with van der Waals surface area (Å²) in [4.78, 5) is 47.6. The van der Waals surface area contributed by atoms with Crippen LogP contribution in [0.15, 0.2) is 36.4 Å². The highest BCUT2D eigenvalue weighted by molar-refractivity contribution is 6.34. The van der Waals surface area contributed by atoms with Gasteiger partial charge < -0.3 is 15.4 Å². The average molecular weight is 474 g/mol. The van der Waals surface area contributed by atoms with Crippen LogP contribution in [0.4, 0.5) is 11.4 Å². The summed E-state index contributed by atoms with van der Waals surface area (Å²) in [6.45, 7) is 2.90. The number of nitrogens with zero attached hydrogens (tertiary/aromatic N) is 1. The number of halogens is 1. The van der Waals surface area contributed by atoms with Gasteiger partial charge in [0.15, 0.2) is 6.61 Å². The van der Waals surface area contributed by atoms with Crippen molar-refractivity contribution in [2.75, 3.05) is 11.9 Å². The number of nitrogens with one attached hydrogen (secondary N) is 2. The van der Waals surface area contributed by atoms with Gasteiger partial charge in [0.2, 0.25) is 0 Å². The second kappa shape index (κ2) is 10.4.